The lowest BCUT2D eigenvalue weighted by atomic mass is 10.1. The first-order valence-corrected chi connectivity index (χ1v) is 7.40. The van der Waals surface area contributed by atoms with Crippen LogP contribution in [0.4, 0.5) is 0 Å². The maximum absolute atomic E-state index is 9.21. The van der Waals surface area contributed by atoms with Gasteiger partial charge in [0.1, 0.15) is 5.75 Å². The van der Waals surface area contributed by atoms with E-state index in [9.17, 15) is 5.11 Å². The fourth-order valence-corrected chi connectivity index (χ4v) is 2.34. The van der Waals surface area contributed by atoms with Crippen molar-refractivity contribution in [2.24, 2.45) is 0 Å². The van der Waals surface area contributed by atoms with Crippen molar-refractivity contribution in [1.82, 2.24) is 4.90 Å². The van der Waals surface area contributed by atoms with E-state index >= 15 is 0 Å². The molecule has 114 valence electrons. The normalized spacial score (nSPS) is 13.9. The van der Waals surface area contributed by atoms with Crippen molar-refractivity contribution >= 4 is 0 Å². The van der Waals surface area contributed by atoms with Crippen molar-refractivity contribution in [3.8, 4) is 17.6 Å². The van der Waals surface area contributed by atoms with E-state index in [1.807, 2.05) is 18.2 Å². The number of benzene rings is 1. The second-order valence-corrected chi connectivity index (χ2v) is 5.22. The van der Waals surface area contributed by atoms with E-state index in [1.54, 1.807) is 7.11 Å². The first kappa shape index (κ1) is 15.8. The van der Waals surface area contributed by atoms with E-state index in [1.165, 1.54) is 12.8 Å². The van der Waals surface area contributed by atoms with Crippen LogP contribution in [0.2, 0.25) is 0 Å². The molecule has 0 radical (unpaired) electrons. The van der Waals surface area contributed by atoms with Crippen LogP contribution in [0, 0.1) is 11.8 Å². The summed E-state index contributed by atoms with van der Waals surface area (Å²) in [6.07, 6.45) is 2.89. The minimum absolute atomic E-state index is 0.0806. The maximum atomic E-state index is 9.21. The summed E-state index contributed by atoms with van der Waals surface area (Å²) in [4.78, 5) is 2.30. The molecular formula is C17H23NO3. The fourth-order valence-electron chi connectivity index (χ4n) is 2.34. The van der Waals surface area contributed by atoms with Crippen molar-refractivity contribution in [2.75, 3.05) is 26.9 Å². The molecule has 0 spiro atoms. The third kappa shape index (κ3) is 4.75. The molecule has 1 fully saturated rings. The molecule has 0 unspecified atom stereocenters. The molecule has 1 aromatic carbocycles. The van der Waals surface area contributed by atoms with Crippen LogP contribution in [0.15, 0.2) is 18.2 Å². The van der Waals surface area contributed by atoms with Gasteiger partial charge in [0.15, 0.2) is 0 Å². The van der Waals surface area contributed by atoms with Crippen LogP contribution in [0.25, 0.3) is 0 Å². The topological polar surface area (TPSA) is 52.9 Å². The van der Waals surface area contributed by atoms with Gasteiger partial charge in [-0.15, -0.1) is 0 Å². The van der Waals surface area contributed by atoms with E-state index in [0.717, 1.165) is 23.4 Å². The molecule has 21 heavy (non-hydrogen) atoms. The highest BCUT2D eigenvalue weighted by Gasteiger charge is 2.28. The van der Waals surface area contributed by atoms with Crippen molar-refractivity contribution < 1.29 is 14.9 Å². The minimum Gasteiger partial charge on any atom is -0.497 e. The largest absolute Gasteiger partial charge is 0.497 e. The van der Waals surface area contributed by atoms with Gasteiger partial charge in [-0.3, -0.25) is 4.90 Å². The third-order valence-corrected chi connectivity index (χ3v) is 3.60. The number of hydrogen-bond acceptors (Lipinski definition) is 4. The van der Waals surface area contributed by atoms with Crippen LogP contribution in [0.1, 0.15) is 30.4 Å². The number of aliphatic hydroxyl groups excluding tert-OH is 2. The zero-order valence-corrected chi connectivity index (χ0v) is 12.5. The summed E-state index contributed by atoms with van der Waals surface area (Å²) in [6, 6.07) is 6.46. The Kier molecular flexibility index (Phi) is 6.06. The van der Waals surface area contributed by atoms with Gasteiger partial charge in [-0.1, -0.05) is 11.8 Å². The number of nitrogens with zero attached hydrogens (tertiary/aromatic N) is 1. The third-order valence-electron chi connectivity index (χ3n) is 3.60. The average molecular weight is 289 g/mol. The van der Waals surface area contributed by atoms with Crippen LogP contribution in [0.5, 0.6) is 5.75 Å². The first-order valence-electron chi connectivity index (χ1n) is 7.40. The number of rotatable bonds is 7. The predicted octanol–water partition coefficient (Wildman–Crippen LogP) is 1.39. The van der Waals surface area contributed by atoms with Gasteiger partial charge in [0.25, 0.3) is 0 Å². The minimum atomic E-state index is 0.0806. The summed E-state index contributed by atoms with van der Waals surface area (Å²) >= 11 is 0. The molecule has 2 rings (SSSR count). The van der Waals surface area contributed by atoms with Crippen LogP contribution in [-0.4, -0.2) is 48.0 Å². The number of hydrogen-bond donors (Lipinski definition) is 2. The quantitative estimate of drug-likeness (QED) is 0.745. The zero-order valence-electron chi connectivity index (χ0n) is 12.5. The first-order chi connectivity index (χ1) is 10.3. The standard InChI is InChI=1S/C17H23NO3/c1-21-17-8-5-14(4-2-3-10-19)15(12-17)13-18(9-11-20)16-6-7-16/h5,8,12,16,19-20H,3,6-7,9-11,13H2,1H3. The predicted molar refractivity (Wildman–Crippen MR) is 82.1 cm³/mol. The SMILES string of the molecule is COc1ccc(C#CCCO)c(CN(CCO)C2CC2)c1. The van der Waals surface area contributed by atoms with Gasteiger partial charge < -0.3 is 14.9 Å². The molecular weight excluding hydrogens is 266 g/mol. The molecule has 0 amide bonds. The van der Waals surface area contributed by atoms with Crippen LogP contribution >= 0.6 is 0 Å². The Labute approximate surface area is 126 Å². The van der Waals surface area contributed by atoms with Crippen molar-refractivity contribution in [1.29, 1.82) is 0 Å². The van der Waals surface area contributed by atoms with Gasteiger partial charge in [-0.25, -0.2) is 0 Å². The van der Waals surface area contributed by atoms with Crippen LogP contribution in [-0.2, 0) is 6.54 Å². The van der Waals surface area contributed by atoms with Gasteiger partial charge in [-0.05, 0) is 36.6 Å². The second kappa shape index (κ2) is 8.04. The Morgan fingerprint density at radius 3 is 2.71 bits per heavy atom. The Bertz CT molecular complexity index is 515. The van der Waals surface area contributed by atoms with Crippen molar-refractivity contribution in [3.05, 3.63) is 29.3 Å². The Morgan fingerprint density at radius 1 is 1.29 bits per heavy atom. The van der Waals surface area contributed by atoms with E-state index in [4.69, 9.17) is 9.84 Å². The Hall–Kier alpha value is -1.54. The number of aliphatic hydroxyl groups is 2. The molecule has 4 nitrogen and oxygen atoms in total. The second-order valence-electron chi connectivity index (χ2n) is 5.22. The highest BCUT2D eigenvalue weighted by atomic mass is 16.5. The molecule has 0 aliphatic heterocycles. The average Bonchev–Trinajstić information content (AvgIpc) is 3.33. The van der Waals surface area contributed by atoms with Crippen molar-refractivity contribution in [3.63, 3.8) is 0 Å². The zero-order chi connectivity index (χ0) is 15.1. The van der Waals surface area contributed by atoms with Gasteiger partial charge in [0, 0.05) is 31.1 Å². The summed E-state index contributed by atoms with van der Waals surface area (Å²) in [5, 5.41) is 18.0. The lowest BCUT2D eigenvalue weighted by Gasteiger charge is -2.22. The lowest BCUT2D eigenvalue weighted by Crippen LogP contribution is -2.29. The van der Waals surface area contributed by atoms with Crippen molar-refractivity contribution in [2.45, 2.75) is 31.8 Å². The smallest absolute Gasteiger partial charge is 0.119 e. The van der Waals surface area contributed by atoms with Gasteiger partial charge >= 0.3 is 0 Å². The molecule has 1 aliphatic rings. The summed E-state index contributed by atoms with van der Waals surface area (Å²) in [5.74, 6) is 6.91. The van der Waals surface area contributed by atoms with Gasteiger partial charge in [0.2, 0.25) is 0 Å². The summed E-state index contributed by atoms with van der Waals surface area (Å²) < 4.78 is 5.30. The summed E-state index contributed by atoms with van der Waals surface area (Å²) in [5.41, 5.74) is 2.08. The molecule has 0 bridgehead atoms. The molecule has 0 saturated heterocycles. The van der Waals surface area contributed by atoms with E-state index < -0.39 is 0 Å². The number of methoxy groups -OCH3 is 1. The Balaban J connectivity index is 2.19. The highest BCUT2D eigenvalue weighted by molar-refractivity contribution is 5.45. The highest BCUT2D eigenvalue weighted by Crippen LogP contribution is 2.29. The molecule has 1 aliphatic carbocycles. The molecule has 1 aromatic rings. The molecule has 4 heteroatoms. The lowest BCUT2D eigenvalue weighted by molar-refractivity contribution is 0.183. The molecule has 2 N–H and O–H groups in total. The van der Waals surface area contributed by atoms with Gasteiger partial charge in [-0.2, -0.15) is 0 Å². The number of ether oxygens (including phenoxy) is 1. The summed E-state index contributed by atoms with van der Waals surface area (Å²) in [6.45, 7) is 1.71. The van der Waals surface area contributed by atoms with E-state index in [-0.39, 0.29) is 13.2 Å². The molecule has 1 saturated carbocycles. The van der Waals surface area contributed by atoms with Crippen LogP contribution in [0.3, 0.4) is 0 Å². The van der Waals surface area contributed by atoms with Crippen LogP contribution < -0.4 is 4.74 Å². The monoisotopic (exact) mass is 289 g/mol. The summed E-state index contributed by atoms with van der Waals surface area (Å²) in [7, 11) is 1.66. The van der Waals surface area contributed by atoms with E-state index in [2.05, 4.69) is 16.7 Å². The van der Waals surface area contributed by atoms with E-state index in [0.29, 0.717) is 19.0 Å². The molecule has 0 atom stereocenters. The fraction of sp³-hybridized carbons (Fsp3) is 0.529. The molecule has 0 aromatic heterocycles. The maximum Gasteiger partial charge on any atom is 0.119 e. The van der Waals surface area contributed by atoms with Gasteiger partial charge in [0.05, 0.1) is 20.3 Å². The Morgan fingerprint density at radius 2 is 2.10 bits per heavy atom. The molecule has 0 heterocycles.